The summed E-state index contributed by atoms with van der Waals surface area (Å²) >= 11 is 0. The number of carbonyl (C=O) groups is 1. The molecular weight excluding hydrogens is 244 g/mol. The maximum absolute atomic E-state index is 13.7. The molecule has 1 aromatic rings. The largest absolute Gasteiger partial charge is 0.465 e. The van der Waals surface area contributed by atoms with Crippen molar-refractivity contribution in [3.05, 3.63) is 35.4 Å². The molecule has 1 amide bonds. The lowest BCUT2D eigenvalue weighted by Gasteiger charge is -2.18. The van der Waals surface area contributed by atoms with Gasteiger partial charge in [-0.3, -0.25) is 0 Å². The maximum Gasteiger partial charge on any atom is 0.404 e. The summed E-state index contributed by atoms with van der Waals surface area (Å²) in [6.07, 6.45) is -0.792. The third kappa shape index (κ3) is 2.15. The SMILES string of the molecule is O=C(O)NC[C@@]1(c2cc(F)ccc2F)C[C@H]1CO. The molecule has 18 heavy (non-hydrogen) atoms. The van der Waals surface area contributed by atoms with Crippen molar-refractivity contribution in [1.29, 1.82) is 0 Å². The molecule has 0 aromatic heterocycles. The minimum Gasteiger partial charge on any atom is -0.465 e. The number of halogens is 2. The minimum absolute atomic E-state index is 0.0338. The summed E-state index contributed by atoms with van der Waals surface area (Å²) < 4.78 is 26.9. The van der Waals surface area contributed by atoms with Crippen molar-refractivity contribution in [2.75, 3.05) is 13.2 Å². The second-order valence-electron chi connectivity index (χ2n) is 4.52. The predicted molar refractivity (Wildman–Crippen MR) is 59.3 cm³/mol. The van der Waals surface area contributed by atoms with Crippen LogP contribution >= 0.6 is 0 Å². The molecule has 2 rings (SSSR count). The Hall–Kier alpha value is -1.69. The number of amides is 1. The van der Waals surface area contributed by atoms with Crippen LogP contribution in [0.2, 0.25) is 0 Å². The molecule has 1 fully saturated rings. The van der Waals surface area contributed by atoms with Crippen LogP contribution in [0.1, 0.15) is 12.0 Å². The summed E-state index contributed by atoms with van der Waals surface area (Å²) in [7, 11) is 0. The van der Waals surface area contributed by atoms with Crippen LogP contribution in [0.25, 0.3) is 0 Å². The van der Waals surface area contributed by atoms with Crippen molar-refractivity contribution < 1.29 is 23.8 Å². The highest BCUT2D eigenvalue weighted by Gasteiger charge is 2.56. The van der Waals surface area contributed by atoms with Gasteiger partial charge in [-0.2, -0.15) is 0 Å². The van der Waals surface area contributed by atoms with Crippen LogP contribution in [0.3, 0.4) is 0 Å². The zero-order valence-corrected chi connectivity index (χ0v) is 9.49. The molecule has 98 valence electrons. The first-order chi connectivity index (χ1) is 8.49. The Morgan fingerprint density at radius 1 is 1.50 bits per heavy atom. The van der Waals surface area contributed by atoms with E-state index in [4.69, 9.17) is 10.2 Å². The first-order valence-corrected chi connectivity index (χ1v) is 5.53. The van der Waals surface area contributed by atoms with Crippen LogP contribution in [-0.2, 0) is 5.41 Å². The van der Waals surface area contributed by atoms with Gasteiger partial charge in [0.1, 0.15) is 11.6 Å². The van der Waals surface area contributed by atoms with Gasteiger partial charge in [-0.1, -0.05) is 0 Å². The first-order valence-electron chi connectivity index (χ1n) is 5.53. The van der Waals surface area contributed by atoms with Crippen LogP contribution < -0.4 is 5.32 Å². The Morgan fingerprint density at radius 2 is 2.22 bits per heavy atom. The molecule has 0 radical (unpaired) electrons. The Morgan fingerprint density at radius 3 is 2.78 bits per heavy atom. The van der Waals surface area contributed by atoms with E-state index in [1.54, 1.807) is 0 Å². The fourth-order valence-electron chi connectivity index (χ4n) is 2.37. The molecule has 6 heteroatoms. The topological polar surface area (TPSA) is 69.6 Å². The summed E-state index contributed by atoms with van der Waals surface area (Å²) in [5.74, 6) is -1.41. The van der Waals surface area contributed by atoms with Crippen LogP contribution in [0, 0.1) is 17.6 Å². The second-order valence-corrected chi connectivity index (χ2v) is 4.52. The van der Waals surface area contributed by atoms with Gasteiger partial charge < -0.3 is 15.5 Å². The molecule has 0 saturated heterocycles. The Bertz CT molecular complexity index is 480. The van der Waals surface area contributed by atoms with E-state index >= 15 is 0 Å². The van der Waals surface area contributed by atoms with Crippen molar-refractivity contribution in [2.45, 2.75) is 11.8 Å². The van der Waals surface area contributed by atoms with E-state index in [1.807, 2.05) is 0 Å². The molecular formula is C12H13F2NO3. The normalized spacial score (nSPS) is 25.8. The molecule has 1 aliphatic carbocycles. The monoisotopic (exact) mass is 257 g/mol. The molecule has 0 heterocycles. The highest BCUT2D eigenvalue weighted by atomic mass is 19.1. The number of nitrogens with one attached hydrogen (secondary N) is 1. The first kappa shape index (κ1) is 12.8. The lowest BCUT2D eigenvalue weighted by atomic mass is 9.92. The molecule has 4 nitrogen and oxygen atoms in total. The van der Waals surface area contributed by atoms with Gasteiger partial charge in [-0.25, -0.2) is 13.6 Å². The number of rotatable bonds is 4. The molecule has 0 unspecified atom stereocenters. The van der Waals surface area contributed by atoms with Crippen molar-refractivity contribution >= 4 is 6.09 Å². The molecule has 1 aliphatic rings. The summed E-state index contributed by atoms with van der Waals surface area (Å²) in [6.45, 7) is -0.217. The Labute approximate surface area is 102 Å². The van der Waals surface area contributed by atoms with E-state index in [1.165, 1.54) is 0 Å². The van der Waals surface area contributed by atoms with Crippen molar-refractivity contribution in [2.24, 2.45) is 5.92 Å². The quantitative estimate of drug-likeness (QED) is 0.765. The van der Waals surface area contributed by atoms with Crippen LogP contribution in [-0.4, -0.2) is 29.5 Å². The second kappa shape index (κ2) is 4.53. The van der Waals surface area contributed by atoms with Gasteiger partial charge in [0.25, 0.3) is 0 Å². The lowest BCUT2D eigenvalue weighted by Crippen LogP contribution is -2.33. The Kier molecular flexibility index (Phi) is 3.21. The summed E-state index contributed by atoms with van der Waals surface area (Å²) in [5, 5.41) is 19.9. The van der Waals surface area contributed by atoms with E-state index in [9.17, 15) is 13.6 Å². The highest BCUT2D eigenvalue weighted by Crippen LogP contribution is 2.54. The van der Waals surface area contributed by atoms with Crippen LogP contribution in [0.4, 0.5) is 13.6 Å². The molecule has 0 spiro atoms. The molecule has 1 aromatic carbocycles. The zero-order chi connectivity index (χ0) is 13.3. The third-order valence-electron chi connectivity index (χ3n) is 3.47. The molecule has 3 N–H and O–H groups in total. The summed E-state index contributed by atoms with van der Waals surface area (Å²) in [4.78, 5) is 10.5. The summed E-state index contributed by atoms with van der Waals surface area (Å²) in [6, 6.07) is 3.09. The van der Waals surface area contributed by atoms with Crippen LogP contribution in [0.15, 0.2) is 18.2 Å². The van der Waals surface area contributed by atoms with Gasteiger partial charge in [0.15, 0.2) is 0 Å². The molecule has 2 atom stereocenters. The predicted octanol–water partition coefficient (Wildman–Crippen LogP) is 1.48. The fraction of sp³-hybridized carbons (Fsp3) is 0.417. The average molecular weight is 257 g/mol. The van der Waals surface area contributed by atoms with E-state index in [0.29, 0.717) is 6.42 Å². The van der Waals surface area contributed by atoms with E-state index in [2.05, 4.69) is 5.32 Å². The zero-order valence-electron chi connectivity index (χ0n) is 9.49. The Balaban J connectivity index is 2.30. The van der Waals surface area contributed by atoms with Crippen molar-refractivity contribution in [1.82, 2.24) is 5.32 Å². The average Bonchev–Trinajstić information content (AvgIpc) is 3.05. The van der Waals surface area contributed by atoms with Gasteiger partial charge in [-0.05, 0) is 36.1 Å². The van der Waals surface area contributed by atoms with Crippen LogP contribution in [0.5, 0.6) is 0 Å². The van der Waals surface area contributed by atoms with Crippen molar-refractivity contribution in [3.63, 3.8) is 0 Å². The number of aliphatic hydroxyl groups excluding tert-OH is 1. The highest BCUT2D eigenvalue weighted by molar-refractivity contribution is 5.64. The number of benzene rings is 1. The number of hydrogen-bond acceptors (Lipinski definition) is 2. The fourth-order valence-corrected chi connectivity index (χ4v) is 2.37. The molecule has 0 aliphatic heterocycles. The van der Waals surface area contributed by atoms with Gasteiger partial charge in [0, 0.05) is 18.6 Å². The summed E-state index contributed by atoms with van der Waals surface area (Å²) in [5.41, 5.74) is -0.713. The smallest absolute Gasteiger partial charge is 0.404 e. The number of carboxylic acid groups (broad SMARTS) is 1. The van der Waals surface area contributed by atoms with Gasteiger partial charge in [-0.15, -0.1) is 0 Å². The van der Waals surface area contributed by atoms with E-state index in [0.717, 1.165) is 18.2 Å². The number of aliphatic hydroxyl groups is 1. The van der Waals surface area contributed by atoms with E-state index in [-0.39, 0.29) is 24.6 Å². The lowest BCUT2D eigenvalue weighted by molar-refractivity contribution is 0.191. The van der Waals surface area contributed by atoms with E-state index < -0.39 is 23.1 Å². The third-order valence-corrected chi connectivity index (χ3v) is 3.47. The van der Waals surface area contributed by atoms with Gasteiger partial charge in [0.2, 0.25) is 0 Å². The van der Waals surface area contributed by atoms with Gasteiger partial charge >= 0.3 is 6.09 Å². The van der Waals surface area contributed by atoms with Gasteiger partial charge in [0.05, 0.1) is 0 Å². The standard InChI is InChI=1S/C12H13F2NO3/c13-8-1-2-10(14)9(3-8)12(4-7(12)5-16)6-15-11(17)18/h1-3,7,15-16H,4-6H2,(H,17,18)/t7-,12-/m0/s1. The molecule has 0 bridgehead atoms. The minimum atomic E-state index is -1.23. The molecule has 1 saturated carbocycles. The maximum atomic E-state index is 13.7. The number of hydrogen-bond donors (Lipinski definition) is 3. The van der Waals surface area contributed by atoms with Crippen molar-refractivity contribution in [3.8, 4) is 0 Å².